The quantitative estimate of drug-likeness (QED) is 0.804. The van der Waals surface area contributed by atoms with Gasteiger partial charge in [0.15, 0.2) is 0 Å². The fraction of sp³-hybridized carbons (Fsp3) is 0.389. The maximum absolute atomic E-state index is 12.1. The molecule has 0 amide bonds. The van der Waals surface area contributed by atoms with E-state index in [-0.39, 0.29) is 11.2 Å². The molecule has 2 aromatic rings. The molecule has 2 rings (SSSR count). The van der Waals surface area contributed by atoms with E-state index < -0.39 is 0 Å². The Kier molecular flexibility index (Phi) is 5.72. The summed E-state index contributed by atoms with van der Waals surface area (Å²) in [4.78, 5) is 26.1. The molecule has 0 unspecified atom stereocenters. The number of benzene rings is 1. The molecule has 1 aromatic heterocycles. The lowest BCUT2D eigenvalue weighted by molar-refractivity contribution is 0.250. The Bertz CT molecular complexity index is 874. The van der Waals surface area contributed by atoms with Crippen molar-refractivity contribution in [3.05, 3.63) is 68.0 Å². The summed E-state index contributed by atoms with van der Waals surface area (Å²) in [6.45, 7) is 4.08. The highest BCUT2D eigenvalue weighted by atomic mass is 16.2. The van der Waals surface area contributed by atoms with Crippen LogP contribution in [0.3, 0.4) is 0 Å². The average Bonchev–Trinajstić information content (AvgIpc) is 2.58. The molecule has 126 valence electrons. The molecule has 0 saturated heterocycles. The van der Waals surface area contributed by atoms with Gasteiger partial charge in [-0.1, -0.05) is 19.1 Å². The van der Waals surface area contributed by atoms with E-state index in [1.54, 1.807) is 13.1 Å². The lowest BCUT2D eigenvalue weighted by Crippen LogP contribution is -2.39. The third kappa shape index (κ3) is 4.00. The number of nitriles is 1. The van der Waals surface area contributed by atoms with Gasteiger partial charge in [-0.3, -0.25) is 18.8 Å². The zero-order valence-corrected chi connectivity index (χ0v) is 14.3. The van der Waals surface area contributed by atoms with Gasteiger partial charge in [-0.2, -0.15) is 5.26 Å². The molecular formula is C18H22N4O2. The fourth-order valence-corrected chi connectivity index (χ4v) is 2.69. The van der Waals surface area contributed by atoms with Crippen molar-refractivity contribution in [1.29, 1.82) is 5.26 Å². The van der Waals surface area contributed by atoms with Crippen LogP contribution in [0.15, 0.2) is 39.9 Å². The van der Waals surface area contributed by atoms with Gasteiger partial charge < -0.3 is 0 Å². The number of nitrogens with zero attached hydrogens (tertiary/aromatic N) is 4. The maximum atomic E-state index is 12.1. The molecule has 0 saturated carbocycles. The van der Waals surface area contributed by atoms with Crippen LogP contribution in [0, 0.1) is 11.3 Å². The summed E-state index contributed by atoms with van der Waals surface area (Å²) in [5.41, 5.74) is 1.74. The standard InChI is InChI=1S/C18H22N4O2/c1-4-8-22(12-15-7-5-6-14(9-15)11-19)13-16-10-17(23)21(3)18(24)20(16)2/h5-7,9-10H,4,8,12-13H2,1-3H3. The first-order valence-corrected chi connectivity index (χ1v) is 7.93. The summed E-state index contributed by atoms with van der Waals surface area (Å²) in [5, 5.41) is 9.02. The molecule has 0 fully saturated rings. The van der Waals surface area contributed by atoms with Crippen LogP contribution in [0.2, 0.25) is 0 Å². The molecule has 0 radical (unpaired) electrons. The maximum Gasteiger partial charge on any atom is 0.330 e. The average molecular weight is 326 g/mol. The zero-order chi connectivity index (χ0) is 17.7. The van der Waals surface area contributed by atoms with Gasteiger partial charge in [0.25, 0.3) is 5.56 Å². The van der Waals surface area contributed by atoms with E-state index in [2.05, 4.69) is 17.9 Å². The van der Waals surface area contributed by atoms with Gasteiger partial charge in [-0.25, -0.2) is 4.79 Å². The molecule has 24 heavy (non-hydrogen) atoms. The molecular weight excluding hydrogens is 304 g/mol. The second kappa shape index (κ2) is 7.75. The van der Waals surface area contributed by atoms with Crippen LogP contribution >= 0.6 is 0 Å². The van der Waals surface area contributed by atoms with Crippen LogP contribution in [-0.4, -0.2) is 20.6 Å². The van der Waals surface area contributed by atoms with Gasteiger partial charge in [0, 0.05) is 38.9 Å². The van der Waals surface area contributed by atoms with Gasteiger partial charge in [-0.05, 0) is 30.7 Å². The summed E-state index contributed by atoms with van der Waals surface area (Å²) in [6, 6.07) is 11.1. The van der Waals surface area contributed by atoms with Crippen LogP contribution in [0.5, 0.6) is 0 Å². The Hall–Kier alpha value is -2.65. The van der Waals surface area contributed by atoms with Crippen molar-refractivity contribution < 1.29 is 0 Å². The van der Waals surface area contributed by atoms with E-state index in [1.807, 2.05) is 18.2 Å². The molecule has 0 aliphatic rings. The molecule has 0 N–H and O–H groups in total. The second-order valence-electron chi connectivity index (χ2n) is 5.90. The molecule has 1 heterocycles. The lowest BCUT2D eigenvalue weighted by Gasteiger charge is -2.23. The molecule has 6 nitrogen and oxygen atoms in total. The number of hydrogen-bond acceptors (Lipinski definition) is 4. The Balaban J connectivity index is 2.28. The summed E-state index contributed by atoms with van der Waals surface area (Å²) < 4.78 is 2.61. The van der Waals surface area contributed by atoms with E-state index in [0.717, 1.165) is 23.1 Å². The molecule has 0 atom stereocenters. The van der Waals surface area contributed by atoms with E-state index in [0.29, 0.717) is 24.3 Å². The SMILES string of the molecule is CCCN(Cc1cccc(C#N)c1)Cc1cc(=O)n(C)c(=O)n1C. The van der Waals surface area contributed by atoms with Gasteiger partial charge in [-0.15, -0.1) is 0 Å². The van der Waals surface area contributed by atoms with Crippen molar-refractivity contribution >= 4 is 0 Å². The normalized spacial score (nSPS) is 10.8. The van der Waals surface area contributed by atoms with Crippen molar-refractivity contribution in [3.63, 3.8) is 0 Å². The first-order chi connectivity index (χ1) is 11.5. The van der Waals surface area contributed by atoms with Crippen LogP contribution < -0.4 is 11.2 Å². The predicted molar refractivity (Wildman–Crippen MR) is 92.5 cm³/mol. The first kappa shape index (κ1) is 17.7. The van der Waals surface area contributed by atoms with Crippen LogP contribution in [0.4, 0.5) is 0 Å². The summed E-state index contributed by atoms with van der Waals surface area (Å²) in [5.74, 6) is 0. The van der Waals surface area contributed by atoms with Crippen molar-refractivity contribution in [2.24, 2.45) is 14.1 Å². The number of hydrogen-bond donors (Lipinski definition) is 0. The van der Waals surface area contributed by atoms with Crippen molar-refractivity contribution in [3.8, 4) is 6.07 Å². The van der Waals surface area contributed by atoms with Crippen LogP contribution in [0.1, 0.15) is 30.2 Å². The van der Waals surface area contributed by atoms with E-state index >= 15 is 0 Å². The minimum atomic E-state index is -0.319. The van der Waals surface area contributed by atoms with Crippen molar-refractivity contribution in [2.75, 3.05) is 6.54 Å². The summed E-state index contributed by atoms with van der Waals surface area (Å²) in [7, 11) is 3.16. The number of rotatable bonds is 6. The monoisotopic (exact) mass is 326 g/mol. The molecule has 0 spiro atoms. The van der Waals surface area contributed by atoms with Gasteiger partial charge in [0.05, 0.1) is 11.6 Å². The minimum absolute atomic E-state index is 0.295. The van der Waals surface area contributed by atoms with Crippen LogP contribution in [0.25, 0.3) is 0 Å². The topological polar surface area (TPSA) is 71.0 Å². The highest BCUT2D eigenvalue weighted by Crippen LogP contribution is 2.11. The van der Waals surface area contributed by atoms with E-state index in [1.165, 1.54) is 17.7 Å². The second-order valence-corrected chi connectivity index (χ2v) is 5.90. The third-order valence-electron chi connectivity index (χ3n) is 4.01. The molecule has 0 aliphatic heterocycles. The van der Waals surface area contributed by atoms with Crippen molar-refractivity contribution in [2.45, 2.75) is 26.4 Å². The Morgan fingerprint density at radius 1 is 1.12 bits per heavy atom. The summed E-state index contributed by atoms with van der Waals surface area (Å²) >= 11 is 0. The fourth-order valence-electron chi connectivity index (χ4n) is 2.69. The van der Waals surface area contributed by atoms with E-state index in [4.69, 9.17) is 5.26 Å². The minimum Gasteiger partial charge on any atom is -0.299 e. The number of aromatic nitrogens is 2. The predicted octanol–water partition coefficient (Wildman–Crippen LogP) is 1.37. The van der Waals surface area contributed by atoms with Crippen LogP contribution in [-0.2, 0) is 27.2 Å². The molecule has 6 heteroatoms. The third-order valence-corrected chi connectivity index (χ3v) is 4.01. The first-order valence-electron chi connectivity index (χ1n) is 7.93. The zero-order valence-electron chi connectivity index (χ0n) is 14.3. The lowest BCUT2D eigenvalue weighted by atomic mass is 10.1. The van der Waals surface area contributed by atoms with Gasteiger partial charge in [0.2, 0.25) is 0 Å². The Morgan fingerprint density at radius 2 is 1.88 bits per heavy atom. The highest BCUT2D eigenvalue weighted by Gasteiger charge is 2.11. The largest absolute Gasteiger partial charge is 0.330 e. The smallest absolute Gasteiger partial charge is 0.299 e. The van der Waals surface area contributed by atoms with E-state index in [9.17, 15) is 9.59 Å². The van der Waals surface area contributed by atoms with Gasteiger partial charge in [0.1, 0.15) is 0 Å². The highest BCUT2D eigenvalue weighted by molar-refractivity contribution is 5.32. The molecule has 0 bridgehead atoms. The molecule has 0 aliphatic carbocycles. The Labute approximate surface area is 141 Å². The Morgan fingerprint density at radius 3 is 2.54 bits per heavy atom. The summed E-state index contributed by atoms with van der Waals surface area (Å²) in [6.07, 6.45) is 0.955. The molecule has 1 aromatic carbocycles. The van der Waals surface area contributed by atoms with Crippen molar-refractivity contribution in [1.82, 2.24) is 14.0 Å². The van der Waals surface area contributed by atoms with Gasteiger partial charge >= 0.3 is 5.69 Å².